The number of aliphatic hydroxyl groups is 1. The van der Waals surface area contributed by atoms with Crippen LogP contribution in [-0.4, -0.2) is 24.3 Å². The maximum absolute atomic E-state index is 11.1. The van der Waals surface area contributed by atoms with Crippen molar-refractivity contribution in [3.8, 4) is 0 Å². The number of carbonyl (C=O) groups excluding carboxylic acids is 1. The zero-order valence-corrected chi connectivity index (χ0v) is 6.96. The van der Waals surface area contributed by atoms with Gasteiger partial charge < -0.3 is 9.84 Å². The first-order valence-corrected chi connectivity index (χ1v) is 3.85. The maximum atomic E-state index is 11.1. The maximum Gasteiger partial charge on any atom is 0.311 e. The lowest BCUT2D eigenvalue weighted by molar-refractivity contribution is -0.151. The second-order valence-corrected chi connectivity index (χ2v) is 3.45. The van der Waals surface area contributed by atoms with E-state index >= 15 is 0 Å². The van der Waals surface area contributed by atoms with E-state index in [0.717, 1.165) is 6.42 Å². The van der Waals surface area contributed by atoms with Crippen molar-refractivity contribution < 1.29 is 14.6 Å². The number of hydrogen-bond acceptors (Lipinski definition) is 3. The summed E-state index contributed by atoms with van der Waals surface area (Å²) in [7, 11) is 1.39. The van der Waals surface area contributed by atoms with Crippen molar-refractivity contribution in [2.24, 2.45) is 5.41 Å². The smallest absolute Gasteiger partial charge is 0.311 e. The number of esters is 1. The van der Waals surface area contributed by atoms with Crippen LogP contribution in [0.4, 0.5) is 0 Å². The molecule has 1 saturated carbocycles. The highest BCUT2D eigenvalue weighted by Crippen LogP contribution is 2.38. The molecule has 0 amide bonds. The van der Waals surface area contributed by atoms with Crippen molar-refractivity contribution in [2.75, 3.05) is 7.11 Å². The van der Waals surface area contributed by atoms with Gasteiger partial charge in [0, 0.05) is 0 Å². The minimum absolute atomic E-state index is 0.200. The van der Waals surface area contributed by atoms with Crippen LogP contribution in [0.15, 0.2) is 0 Å². The van der Waals surface area contributed by atoms with E-state index in [9.17, 15) is 9.90 Å². The molecule has 1 aliphatic carbocycles. The van der Waals surface area contributed by atoms with Gasteiger partial charge in [0.05, 0.1) is 18.6 Å². The predicted molar refractivity (Wildman–Crippen MR) is 40.0 cm³/mol. The molecule has 11 heavy (non-hydrogen) atoms. The zero-order chi connectivity index (χ0) is 8.48. The van der Waals surface area contributed by atoms with E-state index in [0.29, 0.717) is 12.8 Å². The van der Waals surface area contributed by atoms with Crippen LogP contribution in [0.3, 0.4) is 0 Å². The molecule has 0 spiro atoms. The number of hydrogen-bond donors (Lipinski definition) is 1. The van der Waals surface area contributed by atoms with Crippen molar-refractivity contribution in [3.63, 3.8) is 0 Å². The summed E-state index contributed by atoms with van der Waals surface area (Å²) in [5, 5.41) is 9.20. The zero-order valence-electron chi connectivity index (χ0n) is 6.96. The van der Waals surface area contributed by atoms with Gasteiger partial charge in [0.2, 0.25) is 0 Å². The van der Waals surface area contributed by atoms with E-state index in [1.54, 1.807) is 0 Å². The molecule has 0 aromatic heterocycles. The minimum atomic E-state index is -0.436. The third-order valence-electron chi connectivity index (χ3n) is 2.39. The van der Waals surface area contributed by atoms with Crippen molar-refractivity contribution in [1.82, 2.24) is 0 Å². The Morgan fingerprint density at radius 2 is 2.36 bits per heavy atom. The molecule has 0 aromatic rings. The van der Waals surface area contributed by atoms with Crippen LogP contribution in [0, 0.1) is 5.41 Å². The molecule has 1 N–H and O–H groups in total. The van der Waals surface area contributed by atoms with E-state index in [4.69, 9.17) is 0 Å². The highest BCUT2D eigenvalue weighted by molar-refractivity contribution is 5.76. The van der Waals surface area contributed by atoms with Gasteiger partial charge in [-0.1, -0.05) is 0 Å². The summed E-state index contributed by atoms with van der Waals surface area (Å²) in [6.07, 6.45) is 1.67. The summed E-state index contributed by atoms with van der Waals surface area (Å²) in [5.41, 5.74) is -0.436. The normalized spacial score (nSPS) is 37.2. The Labute approximate surface area is 66.4 Å². The van der Waals surface area contributed by atoms with Crippen LogP contribution < -0.4 is 0 Å². The Morgan fingerprint density at radius 3 is 2.73 bits per heavy atom. The van der Waals surface area contributed by atoms with Gasteiger partial charge in [-0.15, -0.1) is 0 Å². The summed E-state index contributed by atoms with van der Waals surface area (Å²) < 4.78 is 4.64. The monoisotopic (exact) mass is 158 g/mol. The Balaban J connectivity index is 2.61. The van der Waals surface area contributed by atoms with Gasteiger partial charge in [-0.05, 0) is 26.2 Å². The average Bonchev–Trinajstić information content (AvgIpc) is 2.31. The summed E-state index contributed by atoms with van der Waals surface area (Å²) in [6, 6.07) is 0. The van der Waals surface area contributed by atoms with E-state index in [-0.39, 0.29) is 12.1 Å². The summed E-state index contributed by atoms with van der Waals surface area (Å²) in [5.74, 6) is -0.200. The van der Waals surface area contributed by atoms with Crippen LogP contribution in [0.1, 0.15) is 26.2 Å². The van der Waals surface area contributed by atoms with Crippen LogP contribution in [0.5, 0.6) is 0 Å². The molecule has 1 fully saturated rings. The first-order chi connectivity index (χ1) is 5.08. The predicted octanol–water partition coefficient (Wildman–Crippen LogP) is 0.710. The van der Waals surface area contributed by atoms with Gasteiger partial charge in [0.1, 0.15) is 0 Å². The molecule has 0 heterocycles. The standard InChI is InChI=1S/C8H14O3/c1-8(7(10)11-2)4-3-6(9)5-8/h6,9H,3-5H2,1-2H3/t6-,8-/m1/s1. The topological polar surface area (TPSA) is 46.5 Å². The summed E-state index contributed by atoms with van der Waals surface area (Å²) in [6.45, 7) is 1.84. The molecular weight excluding hydrogens is 144 g/mol. The van der Waals surface area contributed by atoms with Gasteiger partial charge >= 0.3 is 5.97 Å². The largest absolute Gasteiger partial charge is 0.469 e. The van der Waals surface area contributed by atoms with Crippen molar-refractivity contribution in [1.29, 1.82) is 0 Å². The molecule has 0 bridgehead atoms. The lowest BCUT2D eigenvalue weighted by atomic mass is 9.89. The van der Waals surface area contributed by atoms with Crippen LogP contribution >= 0.6 is 0 Å². The van der Waals surface area contributed by atoms with E-state index < -0.39 is 5.41 Å². The summed E-state index contributed by atoms with van der Waals surface area (Å²) >= 11 is 0. The Bertz CT molecular complexity index is 167. The van der Waals surface area contributed by atoms with Crippen molar-refractivity contribution >= 4 is 5.97 Å². The molecule has 0 radical (unpaired) electrons. The molecule has 1 rings (SSSR count). The molecule has 0 saturated heterocycles. The molecule has 1 aliphatic rings. The summed E-state index contributed by atoms with van der Waals surface area (Å²) in [4.78, 5) is 11.1. The Morgan fingerprint density at radius 1 is 1.73 bits per heavy atom. The fourth-order valence-corrected chi connectivity index (χ4v) is 1.64. The fourth-order valence-electron chi connectivity index (χ4n) is 1.64. The molecule has 3 heteroatoms. The number of ether oxygens (including phenoxy) is 1. The minimum Gasteiger partial charge on any atom is -0.469 e. The van der Waals surface area contributed by atoms with E-state index in [2.05, 4.69) is 4.74 Å². The second kappa shape index (κ2) is 2.81. The second-order valence-electron chi connectivity index (χ2n) is 3.45. The molecule has 64 valence electrons. The third kappa shape index (κ3) is 1.53. The molecule has 0 aliphatic heterocycles. The quantitative estimate of drug-likeness (QED) is 0.572. The number of rotatable bonds is 1. The lowest BCUT2D eigenvalue weighted by Gasteiger charge is -2.19. The van der Waals surface area contributed by atoms with E-state index in [1.807, 2.05) is 6.92 Å². The average molecular weight is 158 g/mol. The first kappa shape index (κ1) is 8.53. The number of carbonyl (C=O) groups is 1. The Kier molecular flexibility index (Phi) is 2.18. The highest BCUT2D eigenvalue weighted by Gasteiger charge is 2.41. The Hall–Kier alpha value is -0.570. The first-order valence-electron chi connectivity index (χ1n) is 3.85. The van der Waals surface area contributed by atoms with E-state index in [1.165, 1.54) is 7.11 Å². The molecular formula is C8H14O3. The fraction of sp³-hybridized carbons (Fsp3) is 0.875. The SMILES string of the molecule is COC(=O)[C@]1(C)CC[C@@H](O)C1. The third-order valence-corrected chi connectivity index (χ3v) is 2.39. The molecule has 2 atom stereocenters. The van der Waals surface area contributed by atoms with Gasteiger partial charge in [-0.25, -0.2) is 0 Å². The van der Waals surface area contributed by atoms with Gasteiger partial charge in [0.25, 0.3) is 0 Å². The van der Waals surface area contributed by atoms with Crippen LogP contribution in [-0.2, 0) is 9.53 Å². The van der Waals surface area contributed by atoms with Gasteiger partial charge in [-0.2, -0.15) is 0 Å². The lowest BCUT2D eigenvalue weighted by Crippen LogP contribution is -2.26. The van der Waals surface area contributed by atoms with Crippen molar-refractivity contribution in [3.05, 3.63) is 0 Å². The van der Waals surface area contributed by atoms with Crippen molar-refractivity contribution in [2.45, 2.75) is 32.3 Å². The van der Waals surface area contributed by atoms with Crippen LogP contribution in [0.2, 0.25) is 0 Å². The number of aliphatic hydroxyl groups excluding tert-OH is 1. The molecule has 0 aromatic carbocycles. The molecule has 3 nitrogen and oxygen atoms in total. The van der Waals surface area contributed by atoms with Gasteiger partial charge in [0.15, 0.2) is 0 Å². The van der Waals surface area contributed by atoms with Gasteiger partial charge in [-0.3, -0.25) is 4.79 Å². The highest BCUT2D eigenvalue weighted by atomic mass is 16.5. The number of methoxy groups -OCH3 is 1. The molecule has 0 unspecified atom stereocenters. The van der Waals surface area contributed by atoms with Crippen LogP contribution in [0.25, 0.3) is 0 Å².